The normalized spacial score (nSPS) is 57.2. The van der Waals surface area contributed by atoms with Crippen molar-refractivity contribution in [3.8, 4) is 0 Å². The SMILES string of the molecule is F[C@H]1CC2CC3CC(C2)C(C3)C1. The van der Waals surface area contributed by atoms with Gasteiger partial charge in [-0.3, -0.25) is 0 Å². The van der Waals surface area contributed by atoms with Crippen molar-refractivity contribution in [3.05, 3.63) is 0 Å². The molecule has 0 aromatic rings. The van der Waals surface area contributed by atoms with Crippen molar-refractivity contribution < 1.29 is 4.39 Å². The van der Waals surface area contributed by atoms with Crippen molar-refractivity contribution >= 4 is 0 Å². The number of fused-ring (bicyclic) bond motifs is 2. The number of halogens is 1. The summed E-state index contributed by atoms with van der Waals surface area (Å²) >= 11 is 0. The van der Waals surface area contributed by atoms with Crippen molar-refractivity contribution in [1.29, 1.82) is 0 Å². The van der Waals surface area contributed by atoms with Gasteiger partial charge in [0.2, 0.25) is 0 Å². The van der Waals surface area contributed by atoms with Crippen LogP contribution >= 0.6 is 0 Å². The van der Waals surface area contributed by atoms with Crippen LogP contribution in [0.4, 0.5) is 4.39 Å². The summed E-state index contributed by atoms with van der Waals surface area (Å²) in [4.78, 5) is 0. The van der Waals surface area contributed by atoms with Crippen LogP contribution in [0.1, 0.15) is 38.5 Å². The van der Waals surface area contributed by atoms with E-state index in [4.69, 9.17) is 0 Å². The smallest absolute Gasteiger partial charge is 0.101 e. The summed E-state index contributed by atoms with van der Waals surface area (Å²) in [6, 6.07) is 0. The Hall–Kier alpha value is -0.0700. The van der Waals surface area contributed by atoms with Gasteiger partial charge in [-0.15, -0.1) is 0 Å². The molecule has 0 aliphatic heterocycles. The second-order valence-electron chi connectivity index (χ2n) is 5.26. The highest BCUT2D eigenvalue weighted by Gasteiger charge is 2.44. The van der Waals surface area contributed by atoms with Gasteiger partial charge >= 0.3 is 0 Å². The summed E-state index contributed by atoms with van der Waals surface area (Å²) in [6.07, 6.45) is 6.86. The van der Waals surface area contributed by atoms with Crippen LogP contribution < -0.4 is 0 Å². The van der Waals surface area contributed by atoms with E-state index in [9.17, 15) is 4.39 Å². The standard InChI is InChI=1S/C11H17F/c12-11-5-8-1-7-2-9(4-8)10(3-7)6-11/h7-11H,1-6H2/t7?,8?,9?,10?,11-/m0/s1. The van der Waals surface area contributed by atoms with Crippen molar-refractivity contribution in [2.45, 2.75) is 44.7 Å². The van der Waals surface area contributed by atoms with Crippen LogP contribution in [-0.4, -0.2) is 6.17 Å². The maximum Gasteiger partial charge on any atom is 0.101 e. The molecule has 3 aliphatic carbocycles. The van der Waals surface area contributed by atoms with E-state index >= 15 is 0 Å². The molecule has 68 valence electrons. The third-order valence-corrected chi connectivity index (χ3v) is 4.39. The Bertz CT molecular complexity index is 185. The van der Waals surface area contributed by atoms with Gasteiger partial charge in [-0.25, -0.2) is 4.39 Å². The van der Waals surface area contributed by atoms with E-state index in [1.54, 1.807) is 0 Å². The lowest BCUT2D eigenvalue weighted by Crippen LogP contribution is -2.17. The Balaban J connectivity index is 1.88. The molecule has 0 saturated heterocycles. The minimum Gasteiger partial charge on any atom is -0.247 e. The van der Waals surface area contributed by atoms with Crippen LogP contribution in [0, 0.1) is 23.7 Å². The topological polar surface area (TPSA) is 0 Å². The molecule has 5 atom stereocenters. The highest BCUT2D eigenvalue weighted by Crippen LogP contribution is 2.53. The average Bonchev–Trinajstić information content (AvgIpc) is 2.20. The number of alkyl halides is 1. The van der Waals surface area contributed by atoms with E-state index in [2.05, 4.69) is 0 Å². The third-order valence-electron chi connectivity index (χ3n) is 4.39. The van der Waals surface area contributed by atoms with Gasteiger partial charge in [0.1, 0.15) is 6.17 Å². The molecule has 3 rings (SSSR count). The zero-order chi connectivity index (χ0) is 8.13. The fourth-order valence-electron chi connectivity index (χ4n) is 4.08. The van der Waals surface area contributed by atoms with Crippen LogP contribution in [-0.2, 0) is 0 Å². The molecule has 0 spiro atoms. The van der Waals surface area contributed by atoms with Crippen LogP contribution in [0.25, 0.3) is 0 Å². The second kappa shape index (κ2) is 2.46. The quantitative estimate of drug-likeness (QED) is 0.521. The molecule has 3 fully saturated rings. The van der Waals surface area contributed by atoms with Gasteiger partial charge in [0.05, 0.1) is 0 Å². The van der Waals surface area contributed by atoms with E-state index in [-0.39, 0.29) is 0 Å². The first-order chi connectivity index (χ1) is 5.81. The first-order valence-corrected chi connectivity index (χ1v) is 5.45. The second-order valence-corrected chi connectivity index (χ2v) is 5.26. The monoisotopic (exact) mass is 168 g/mol. The Kier molecular flexibility index (Phi) is 1.51. The van der Waals surface area contributed by atoms with Gasteiger partial charge in [0, 0.05) is 0 Å². The fraction of sp³-hybridized carbons (Fsp3) is 1.00. The molecule has 3 aliphatic rings. The lowest BCUT2D eigenvalue weighted by atomic mass is 9.80. The lowest BCUT2D eigenvalue weighted by molar-refractivity contribution is 0.202. The van der Waals surface area contributed by atoms with E-state index in [0.717, 1.165) is 36.5 Å². The van der Waals surface area contributed by atoms with Gasteiger partial charge in [0.15, 0.2) is 0 Å². The zero-order valence-corrected chi connectivity index (χ0v) is 7.51. The van der Waals surface area contributed by atoms with E-state index in [1.165, 1.54) is 25.7 Å². The molecule has 0 aromatic carbocycles. The number of hydrogen-bond donors (Lipinski definition) is 0. The van der Waals surface area contributed by atoms with Gasteiger partial charge in [-0.05, 0) is 62.2 Å². The predicted molar refractivity (Wildman–Crippen MR) is 46.6 cm³/mol. The Morgan fingerprint density at radius 1 is 0.667 bits per heavy atom. The van der Waals surface area contributed by atoms with Gasteiger partial charge < -0.3 is 0 Å². The minimum atomic E-state index is -0.455. The summed E-state index contributed by atoms with van der Waals surface area (Å²) in [5, 5.41) is 0. The van der Waals surface area contributed by atoms with Crippen molar-refractivity contribution in [1.82, 2.24) is 0 Å². The molecule has 3 bridgehead atoms. The summed E-state index contributed by atoms with van der Waals surface area (Å²) in [7, 11) is 0. The molecular formula is C11H17F. The molecule has 0 amide bonds. The van der Waals surface area contributed by atoms with Crippen molar-refractivity contribution in [2.75, 3.05) is 0 Å². The Labute approximate surface area is 73.5 Å². The molecule has 0 aromatic heterocycles. The number of hydrogen-bond acceptors (Lipinski definition) is 0. The van der Waals surface area contributed by atoms with Crippen LogP contribution in [0.5, 0.6) is 0 Å². The molecule has 1 heteroatoms. The van der Waals surface area contributed by atoms with E-state index < -0.39 is 6.17 Å². The summed E-state index contributed by atoms with van der Waals surface area (Å²) in [5.74, 6) is 3.45. The first kappa shape index (κ1) is 7.34. The summed E-state index contributed by atoms with van der Waals surface area (Å²) < 4.78 is 13.4. The Morgan fingerprint density at radius 2 is 1.25 bits per heavy atom. The highest BCUT2D eigenvalue weighted by molar-refractivity contribution is 4.95. The summed E-state index contributed by atoms with van der Waals surface area (Å²) in [5.41, 5.74) is 0. The maximum absolute atomic E-state index is 13.4. The van der Waals surface area contributed by atoms with Crippen LogP contribution in [0.15, 0.2) is 0 Å². The van der Waals surface area contributed by atoms with E-state index in [1.807, 2.05) is 0 Å². The molecule has 0 N–H and O–H groups in total. The minimum absolute atomic E-state index is 0.455. The van der Waals surface area contributed by atoms with E-state index in [0.29, 0.717) is 0 Å². The molecule has 0 radical (unpaired) electrons. The van der Waals surface area contributed by atoms with Gasteiger partial charge in [-0.2, -0.15) is 0 Å². The molecule has 3 saturated carbocycles. The molecule has 12 heavy (non-hydrogen) atoms. The molecular weight excluding hydrogens is 151 g/mol. The van der Waals surface area contributed by atoms with Crippen LogP contribution in [0.3, 0.4) is 0 Å². The third kappa shape index (κ3) is 1.02. The maximum atomic E-state index is 13.4. The molecule has 0 heterocycles. The first-order valence-electron chi connectivity index (χ1n) is 5.45. The zero-order valence-electron chi connectivity index (χ0n) is 7.51. The molecule has 4 unspecified atom stereocenters. The lowest BCUT2D eigenvalue weighted by Gasteiger charge is -2.26. The summed E-state index contributed by atoms with van der Waals surface area (Å²) in [6.45, 7) is 0. The molecule has 0 nitrogen and oxygen atoms in total. The van der Waals surface area contributed by atoms with Gasteiger partial charge in [0.25, 0.3) is 0 Å². The largest absolute Gasteiger partial charge is 0.247 e. The fourth-order valence-corrected chi connectivity index (χ4v) is 4.08. The predicted octanol–water partition coefficient (Wildman–Crippen LogP) is 3.17. The van der Waals surface area contributed by atoms with Crippen LogP contribution in [0.2, 0.25) is 0 Å². The van der Waals surface area contributed by atoms with Crippen molar-refractivity contribution in [2.24, 2.45) is 23.7 Å². The highest BCUT2D eigenvalue weighted by atomic mass is 19.1. The Morgan fingerprint density at radius 3 is 2.00 bits per heavy atom. The average molecular weight is 168 g/mol. The van der Waals surface area contributed by atoms with Crippen molar-refractivity contribution in [3.63, 3.8) is 0 Å². The van der Waals surface area contributed by atoms with Gasteiger partial charge in [-0.1, -0.05) is 0 Å². The number of rotatable bonds is 0.